The number of piperidine rings is 1. The molecule has 4 heterocycles. The van der Waals surface area contributed by atoms with Crippen molar-refractivity contribution in [3.05, 3.63) is 89.8 Å². The van der Waals surface area contributed by atoms with Crippen LogP contribution in [0, 0.1) is 11.3 Å². The molecular weight excluding hydrogens is 448 g/mol. The van der Waals surface area contributed by atoms with Crippen LogP contribution in [-0.2, 0) is 0 Å². The van der Waals surface area contributed by atoms with Crippen LogP contribution in [0.5, 0.6) is 0 Å². The molecule has 5 rings (SSSR count). The Morgan fingerprint density at radius 2 is 1.72 bits per heavy atom. The summed E-state index contributed by atoms with van der Waals surface area (Å²) in [6.07, 6.45) is 7.76. The molecule has 1 amide bonds. The Labute approximate surface area is 212 Å². The predicted octanol–water partition coefficient (Wildman–Crippen LogP) is 5.05. The quantitative estimate of drug-likeness (QED) is 0.534. The van der Waals surface area contributed by atoms with Crippen molar-refractivity contribution >= 4 is 23.2 Å². The molecule has 36 heavy (non-hydrogen) atoms. The Hall–Kier alpha value is -4.18. The molecule has 2 aliphatic rings. The van der Waals surface area contributed by atoms with E-state index in [2.05, 4.69) is 49.9 Å². The zero-order chi connectivity index (χ0) is 24.9. The van der Waals surface area contributed by atoms with E-state index in [4.69, 9.17) is 5.26 Å². The van der Waals surface area contributed by atoms with Gasteiger partial charge in [-0.25, -0.2) is 9.97 Å². The van der Waals surface area contributed by atoms with E-state index in [0.29, 0.717) is 22.9 Å². The molecule has 3 aromatic rings. The highest BCUT2D eigenvalue weighted by Gasteiger charge is 2.22. The number of hydrogen-bond donors (Lipinski definition) is 1. The van der Waals surface area contributed by atoms with Crippen molar-refractivity contribution in [2.45, 2.75) is 31.6 Å². The van der Waals surface area contributed by atoms with Crippen LogP contribution in [-0.4, -0.2) is 47.0 Å². The fraction of sp³-hybridized carbons (Fsp3) is 0.310. The third-order valence-electron chi connectivity index (χ3n) is 7.16. The second kappa shape index (κ2) is 10.6. The topological polar surface area (TPSA) is 85.2 Å². The zero-order valence-corrected chi connectivity index (χ0v) is 20.4. The van der Waals surface area contributed by atoms with Crippen LogP contribution in [0.4, 0.5) is 11.6 Å². The van der Waals surface area contributed by atoms with Gasteiger partial charge in [-0.15, -0.1) is 0 Å². The number of hydrogen-bond acceptors (Lipinski definition) is 6. The number of carbonyl (C=O) groups excluding carboxylic acids is 1. The minimum absolute atomic E-state index is 0.228. The summed E-state index contributed by atoms with van der Waals surface area (Å²) in [6.45, 7) is 8.18. The van der Waals surface area contributed by atoms with Crippen molar-refractivity contribution in [1.29, 1.82) is 5.26 Å². The van der Waals surface area contributed by atoms with Crippen LogP contribution in [0.15, 0.2) is 67.5 Å². The zero-order valence-electron chi connectivity index (χ0n) is 20.4. The largest absolute Gasteiger partial charge is 0.371 e. The third-order valence-corrected chi connectivity index (χ3v) is 7.16. The molecule has 2 aromatic heterocycles. The van der Waals surface area contributed by atoms with E-state index in [0.717, 1.165) is 56.1 Å². The first-order valence-corrected chi connectivity index (χ1v) is 12.5. The molecule has 0 atom stereocenters. The molecule has 7 heteroatoms. The Morgan fingerprint density at radius 3 is 2.39 bits per heavy atom. The normalized spacial score (nSPS) is 16.0. The standard InChI is InChI=1S/C29H30N6O/c1-21(34-16-11-24(12-17-34)23-6-4-22(19-30)5-7-23)25-10-13-31-27(18-25)33-29(36)26-8-9-28(32-20-26)35-14-2-3-15-35/h4-10,13,18,20,24H,1-3,11-12,14-17H2,(H,31,33,36). The van der Waals surface area contributed by atoms with E-state index in [9.17, 15) is 4.79 Å². The van der Waals surface area contributed by atoms with Crippen molar-refractivity contribution in [2.75, 3.05) is 36.4 Å². The van der Waals surface area contributed by atoms with Crippen molar-refractivity contribution in [3.63, 3.8) is 0 Å². The highest BCUT2D eigenvalue weighted by Crippen LogP contribution is 2.32. The maximum atomic E-state index is 12.8. The highest BCUT2D eigenvalue weighted by molar-refractivity contribution is 6.03. The smallest absolute Gasteiger partial charge is 0.258 e. The van der Waals surface area contributed by atoms with Gasteiger partial charge in [-0.05, 0) is 73.6 Å². The predicted molar refractivity (Wildman–Crippen MR) is 142 cm³/mol. The van der Waals surface area contributed by atoms with Crippen molar-refractivity contribution < 1.29 is 4.79 Å². The summed E-state index contributed by atoms with van der Waals surface area (Å²) in [7, 11) is 0. The monoisotopic (exact) mass is 478 g/mol. The molecule has 1 aromatic carbocycles. The van der Waals surface area contributed by atoms with Crippen LogP contribution in [0.25, 0.3) is 5.70 Å². The van der Waals surface area contributed by atoms with Crippen LogP contribution in [0.3, 0.4) is 0 Å². The van der Waals surface area contributed by atoms with E-state index in [1.165, 1.54) is 18.4 Å². The van der Waals surface area contributed by atoms with Gasteiger partial charge in [-0.1, -0.05) is 18.7 Å². The number of nitrogens with one attached hydrogen (secondary N) is 1. The summed E-state index contributed by atoms with van der Waals surface area (Å²) in [5.74, 6) is 1.67. The first kappa shape index (κ1) is 23.6. The minimum Gasteiger partial charge on any atom is -0.371 e. The summed E-state index contributed by atoms with van der Waals surface area (Å²) in [5, 5.41) is 11.9. The molecule has 1 N–H and O–H groups in total. The van der Waals surface area contributed by atoms with Crippen LogP contribution < -0.4 is 10.2 Å². The molecule has 2 saturated heterocycles. The molecule has 0 bridgehead atoms. The van der Waals surface area contributed by atoms with Crippen LogP contribution >= 0.6 is 0 Å². The van der Waals surface area contributed by atoms with E-state index >= 15 is 0 Å². The van der Waals surface area contributed by atoms with E-state index in [1.54, 1.807) is 12.4 Å². The summed E-state index contributed by atoms with van der Waals surface area (Å²) in [4.78, 5) is 26.1. The molecule has 0 saturated carbocycles. The number of likely N-dealkylation sites (tertiary alicyclic amines) is 1. The lowest BCUT2D eigenvalue weighted by atomic mass is 9.88. The fourth-order valence-corrected chi connectivity index (χ4v) is 5.02. The number of pyridine rings is 2. The highest BCUT2D eigenvalue weighted by atomic mass is 16.1. The van der Waals surface area contributed by atoms with E-state index in [1.807, 2.05) is 36.4 Å². The van der Waals surface area contributed by atoms with Crippen molar-refractivity contribution in [1.82, 2.24) is 14.9 Å². The van der Waals surface area contributed by atoms with Crippen LogP contribution in [0.1, 0.15) is 58.6 Å². The van der Waals surface area contributed by atoms with Gasteiger partial charge in [-0.2, -0.15) is 5.26 Å². The second-order valence-electron chi connectivity index (χ2n) is 9.42. The van der Waals surface area contributed by atoms with Gasteiger partial charge >= 0.3 is 0 Å². The summed E-state index contributed by atoms with van der Waals surface area (Å²) < 4.78 is 0. The lowest BCUT2D eigenvalue weighted by Gasteiger charge is -2.35. The first-order valence-electron chi connectivity index (χ1n) is 12.5. The van der Waals surface area contributed by atoms with Crippen LogP contribution in [0.2, 0.25) is 0 Å². The van der Waals surface area contributed by atoms with Gasteiger partial charge in [0.2, 0.25) is 0 Å². The number of anilines is 2. The number of amides is 1. The molecule has 0 spiro atoms. The molecular formula is C29H30N6O. The average molecular weight is 479 g/mol. The second-order valence-corrected chi connectivity index (χ2v) is 9.42. The molecule has 182 valence electrons. The first-order chi connectivity index (χ1) is 17.6. The van der Waals surface area contributed by atoms with Gasteiger partial charge < -0.3 is 15.1 Å². The van der Waals surface area contributed by atoms with E-state index < -0.39 is 0 Å². The van der Waals surface area contributed by atoms with Gasteiger partial charge in [0.15, 0.2) is 0 Å². The number of benzene rings is 1. The molecule has 7 nitrogen and oxygen atoms in total. The Kier molecular flexibility index (Phi) is 6.94. The maximum Gasteiger partial charge on any atom is 0.258 e. The molecule has 0 unspecified atom stereocenters. The maximum absolute atomic E-state index is 12.8. The summed E-state index contributed by atoms with van der Waals surface area (Å²) in [5.41, 5.74) is 4.37. The third kappa shape index (κ3) is 5.23. The lowest BCUT2D eigenvalue weighted by molar-refractivity contribution is 0.102. The average Bonchev–Trinajstić information content (AvgIpc) is 3.48. The van der Waals surface area contributed by atoms with Gasteiger partial charge in [0.25, 0.3) is 5.91 Å². The number of rotatable bonds is 6. The fourth-order valence-electron chi connectivity index (χ4n) is 5.02. The SMILES string of the molecule is C=C(c1ccnc(NC(=O)c2ccc(N3CCCC3)nc2)c1)N1CCC(c2ccc(C#N)cc2)CC1. The van der Waals surface area contributed by atoms with Gasteiger partial charge in [-0.3, -0.25) is 4.79 Å². The number of nitrogens with zero attached hydrogens (tertiary/aromatic N) is 5. The Morgan fingerprint density at radius 1 is 0.972 bits per heavy atom. The van der Waals surface area contributed by atoms with Crippen molar-refractivity contribution in [3.8, 4) is 6.07 Å². The molecule has 2 aliphatic heterocycles. The molecule has 2 fully saturated rings. The Bertz CT molecular complexity index is 1260. The lowest BCUT2D eigenvalue weighted by Crippen LogP contribution is -2.31. The van der Waals surface area contributed by atoms with Gasteiger partial charge in [0, 0.05) is 49.8 Å². The molecule has 0 radical (unpaired) electrons. The Balaban J connectivity index is 1.18. The minimum atomic E-state index is -0.228. The number of carbonyl (C=O) groups is 1. The summed E-state index contributed by atoms with van der Waals surface area (Å²) in [6, 6.07) is 17.6. The number of nitriles is 1. The molecule has 0 aliphatic carbocycles. The van der Waals surface area contributed by atoms with E-state index in [-0.39, 0.29) is 5.91 Å². The van der Waals surface area contributed by atoms with Gasteiger partial charge in [0.05, 0.1) is 17.2 Å². The number of aromatic nitrogens is 2. The van der Waals surface area contributed by atoms with Crippen molar-refractivity contribution in [2.24, 2.45) is 0 Å². The van der Waals surface area contributed by atoms with Gasteiger partial charge in [0.1, 0.15) is 11.6 Å². The summed E-state index contributed by atoms with van der Waals surface area (Å²) >= 11 is 0.